The third-order valence-electron chi connectivity index (χ3n) is 3.97. The average Bonchev–Trinajstić information content (AvgIpc) is 2.27. The van der Waals surface area contributed by atoms with Gasteiger partial charge in [0.15, 0.2) is 0 Å². The molecule has 2 aliphatic rings. The molecule has 0 aromatic heterocycles. The molecule has 2 fully saturated rings. The Hall–Kier alpha value is 0.110. The van der Waals surface area contributed by atoms with Crippen LogP contribution in [0.1, 0.15) is 38.5 Å². The highest BCUT2D eigenvalue weighted by Crippen LogP contribution is 2.29. The molecule has 4 heteroatoms. The minimum absolute atomic E-state index is 0.354. The van der Waals surface area contributed by atoms with Gasteiger partial charge in [0, 0.05) is 24.9 Å². The summed E-state index contributed by atoms with van der Waals surface area (Å²) in [5.41, 5.74) is 0. The predicted octanol–water partition coefficient (Wildman–Crippen LogP) is 3.14. The maximum absolute atomic E-state index is 12.3. The zero-order valence-electron chi connectivity index (χ0n) is 10.4. The van der Waals surface area contributed by atoms with Crippen LogP contribution >= 0.6 is 23.4 Å². The number of amides is 1. The number of halogens is 1. The van der Waals surface area contributed by atoms with Crippen molar-refractivity contribution in [3.8, 4) is 0 Å². The molecule has 1 aliphatic heterocycles. The van der Waals surface area contributed by atoms with E-state index < -0.39 is 0 Å². The van der Waals surface area contributed by atoms with Crippen molar-refractivity contribution >= 4 is 29.3 Å². The molecule has 98 valence electrons. The first-order valence-corrected chi connectivity index (χ1v) is 8.43. The Kier molecular flexibility index (Phi) is 5.49. The van der Waals surface area contributed by atoms with Gasteiger partial charge in [-0.2, -0.15) is 11.8 Å². The molecule has 2 nitrogen and oxygen atoms in total. The molecular weight excluding hydrogens is 254 g/mol. The molecule has 0 spiro atoms. The second-order valence-electron chi connectivity index (χ2n) is 5.12. The number of rotatable bonds is 5. The summed E-state index contributed by atoms with van der Waals surface area (Å²) in [5.74, 6) is 4.02. The maximum Gasteiger partial charge on any atom is 0.223 e. The third-order valence-corrected chi connectivity index (χ3v) is 5.18. The Balaban J connectivity index is 1.81. The van der Waals surface area contributed by atoms with Crippen LogP contribution in [0, 0.1) is 5.92 Å². The Morgan fingerprint density at radius 1 is 1.24 bits per heavy atom. The van der Waals surface area contributed by atoms with Crippen LogP contribution in [0.5, 0.6) is 0 Å². The number of hydrogen-bond acceptors (Lipinski definition) is 2. The number of carbonyl (C=O) groups excluding carboxylic acids is 1. The van der Waals surface area contributed by atoms with Crippen LogP contribution in [-0.2, 0) is 4.79 Å². The summed E-state index contributed by atoms with van der Waals surface area (Å²) in [6.07, 6.45) is 6.84. The van der Waals surface area contributed by atoms with Crippen molar-refractivity contribution in [3.05, 3.63) is 0 Å². The minimum atomic E-state index is 0.354. The fraction of sp³-hybridized carbons (Fsp3) is 0.923. The monoisotopic (exact) mass is 275 g/mol. The quantitative estimate of drug-likeness (QED) is 0.719. The highest BCUT2D eigenvalue weighted by molar-refractivity contribution is 7.99. The van der Waals surface area contributed by atoms with Crippen molar-refractivity contribution in [3.63, 3.8) is 0 Å². The van der Waals surface area contributed by atoms with Crippen molar-refractivity contribution < 1.29 is 4.79 Å². The highest BCUT2D eigenvalue weighted by Gasteiger charge is 2.29. The molecule has 2 rings (SSSR count). The summed E-state index contributed by atoms with van der Waals surface area (Å²) in [5, 5.41) is 0. The van der Waals surface area contributed by atoms with E-state index in [1.807, 2.05) is 11.8 Å². The summed E-state index contributed by atoms with van der Waals surface area (Å²) >= 11 is 7.83. The first kappa shape index (κ1) is 13.5. The molecule has 0 bridgehead atoms. The number of hydrogen-bond donors (Lipinski definition) is 0. The topological polar surface area (TPSA) is 20.3 Å². The summed E-state index contributed by atoms with van der Waals surface area (Å²) in [7, 11) is 0. The van der Waals surface area contributed by atoms with Gasteiger partial charge in [-0.15, -0.1) is 11.6 Å². The lowest BCUT2D eigenvalue weighted by atomic mass is 9.90. The summed E-state index contributed by atoms with van der Waals surface area (Å²) in [6, 6.07) is 0.499. The van der Waals surface area contributed by atoms with E-state index in [2.05, 4.69) is 4.90 Å². The van der Waals surface area contributed by atoms with Gasteiger partial charge in [-0.1, -0.05) is 0 Å². The summed E-state index contributed by atoms with van der Waals surface area (Å²) < 4.78 is 0. The molecule has 17 heavy (non-hydrogen) atoms. The van der Waals surface area contributed by atoms with E-state index in [0.29, 0.717) is 23.7 Å². The fourth-order valence-electron chi connectivity index (χ4n) is 2.62. The molecule has 0 aromatic carbocycles. The maximum atomic E-state index is 12.3. The van der Waals surface area contributed by atoms with Crippen molar-refractivity contribution in [2.24, 2.45) is 5.92 Å². The number of nitrogens with zero attached hydrogens (tertiary/aromatic N) is 1. The van der Waals surface area contributed by atoms with Crippen LogP contribution < -0.4 is 0 Å². The minimum Gasteiger partial charge on any atom is -0.339 e. The molecule has 1 amide bonds. The zero-order chi connectivity index (χ0) is 12.1. The predicted molar refractivity (Wildman–Crippen MR) is 74.7 cm³/mol. The summed E-state index contributed by atoms with van der Waals surface area (Å²) in [6.45, 7) is 0.743. The summed E-state index contributed by atoms with van der Waals surface area (Å²) in [4.78, 5) is 14.3. The second-order valence-corrected chi connectivity index (χ2v) is 6.72. The molecule has 0 N–H and O–H groups in total. The Morgan fingerprint density at radius 2 is 1.94 bits per heavy atom. The van der Waals surface area contributed by atoms with Crippen LogP contribution in [0.15, 0.2) is 0 Å². The van der Waals surface area contributed by atoms with Gasteiger partial charge in [0.2, 0.25) is 5.91 Å². The van der Waals surface area contributed by atoms with Crippen molar-refractivity contribution in [1.29, 1.82) is 0 Å². The van der Waals surface area contributed by atoms with E-state index in [-0.39, 0.29) is 0 Å². The first-order chi connectivity index (χ1) is 8.31. The number of alkyl halides is 1. The molecule has 1 aliphatic carbocycles. The highest BCUT2D eigenvalue weighted by atomic mass is 35.5. The molecule has 0 radical (unpaired) electrons. The van der Waals surface area contributed by atoms with E-state index in [4.69, 9.17) is 11.6 Å². The van der Waals surface area contributed by atoms with Gasteiger partial charge in [-0.05, 0) is 49.5 Å². The molecule has 0 unspecified atom stereocenters. The molecule has 0 atom stereocenters. The Labute approximate surface area is 113 Å². The largest absolute Gasteiger partial charge is 0.339 e. The molecule has 1 saturated carbocycles. The second kappa shape index (κ2) is 6.89. The van der Waals surface area contributed by atoms with Crippen LogP contribution in [-0.4, -0.2) is 40.8 Å². The van der Waals surface area contributed by atoms with Gasteiger partial charge >= 0.3 is 0 Å². The van der Waals surface area contributed by atoms with Crippen molar-refractivity contribution in [2.45, 2.75) is 44.6 Å². The first-order valence-electron chi connectivity index (χ1n) is 6.74. The third kappa shape index (κ3) is 3.78. The van der Waals surface area contributed by atoms with Gasteiger partial charge in [-0.3, -0.25) is 4.79 Å². The van der Waals surface area contributed by atoms with Crippen molar-refractivity contribution in [2.75, 3.05) is 23.9 Å². The zero-order valence-corrected chi connectivity index (χ0v) is 11.9. The lowest BCUT2D eigenvalue weighted by Gasteiger charge is -2.38. The molecule has 1 saturated heterocycles. The lowest BCUT2D eigenvalue weighted by Crippen LogP contribution is -2.45. The number of carbonyl (C=O) groups is 1. The normalized spacial score (nSPS) is 22.2. The van der Waals surface area contributed by atoms with E-state index in [0.717, 1.165) is 13.0 Å². The molecule has 1 heterocycles. The van der Waals surface area contributed by atoms with Crippen LogP contribution in [0.4, 0.5) is 0 Å². The standard InChI is InChI=1S/C13H22ClNOS/c14-6-7-15(12-2-1-3-12)13(16)10-11-4-8-17-9-5-11/h11-12H,1-10H2. The van der Waals surface area contributed by atoms with E-state index >= 15 is 0 Å². The van der Waals surface area contributed by atoms with Crippen LogP contribution in [0.3, 0.4) is 0 Å². The molecule has 0 aromatic rings. The smallest absolute Gasteiger partial charge is 0.223 e. The Bertz CT molecular complexity index is 252. The van der Waals surface area contributed by atoms with E-state index in [1.54, 1.807) is 0 Å². The van der Waals surface area contributed by atoms with Crippen molar-refractivity contribution in [1.82, 2.24) is 4.90 Å². The van der Waals surface area contributed by atoms with Gasteiger partial charge in [-0.25, -0.2) is 0 Å². The average molecular weight is 276 g/mol. The van der Waals surface area contributed by atoms with E-state index in [1.165, 1.54) is 43.6 Å². The Morgan fingerprint density at radius 3 is 2.47 bits per heavy atom. The fourth-order valence-corrected chi connectivity index (χ4v) is 4.00. The SMILES string of the molecule is O=C(CC1CCSCC1)N(CCCl)C1CCC1. The van der Waals surface area contributed by atoms with Gasteiger partial charge in [0.1, 0.15) is 0 Å². The van der Waals surface area contributed by atoms with Crippen LogP contribution in [0.25, 0.3) is 0 Å². The van der Waals surface area contributed by atoms with Gasteiger partial charge in [0.05, 0.1) is 0 Å². The van der Waals surface area contributed by atoms with Gasteiger partial charge in [0.25, 0.3) is 0 Å². The molecular formula is C13H22ClNOS. The lowest BCUT2D eigenvalue weighted by molar-refractivity contribution is -0.136. The van der Waals surface area contributed by atoms with E-state index in [9.17, 15) is 4.79 Å². The van der Waals surface area contributed by atoms with Gasteiger partial charge < -0.3 is 4.90 Å². The van der Waals surface area contributed by atoms with Crippen LogP contribution in [0.2, 0.25) is 0 Å². The number of thioether (sulfide) groups is 1.